The quantitative estimate of drug-likeness (QED) is 0.859. The molecule has 1 aromatic carbocycles. The smallest absolute Gasteiger partial charge is 0.188 e. The van der Waals surface area contributed by atoms with Crippen molar-refractivity contribution in [1.29, 1.82) is 0 Å². The monoisotopic (exact) mass is 304 g/mol. The molecule has 3 nitrogen and oxygen atoms in total. The number of halogens is 1. The number of benzene rings is 1. The Labute approximate surface area is 104 Å². The average molecular weight is 305 g/mol. The molecule has 0 saturated heterocycles. The van der Waals surface area contributed by atoms with Gasteiger partial charge in [0.2, 0.25) is 0 Å². The van der Waals surface area contributed by atoms with Gasteiger partial charge in [-0.1, -0.05) is 28.9 Å². The summed E-state index contributed by atoms with van der Waals surface area (Å²) in [5, 5.41) is -0.980. The van der Waals surface area contributed by atoms with Crippen LogP contribution in [0.3, 0.4) is 0 Å². The maximum absolute atomic E-state index is 12.0. The molecule has 0 fully saturated rings. The molecule has 5 heteroatoms. The zero-order valence-electron chi connectivity index (χ0n) is 9.10. The lowest BCUT2D eigenvalue weighted by molar-refractivity contribution is -0.118. The average Bonchev–Trinajstić information content (AvgIpc) is 2.27. The van der Waals surface area contributed by atoms with Crippen molar-refractivity contribution in [2.45, 2.75) is 30.4 Å². The van der Waals surface area contributed by atoms with Gasteiger partial charge in [0, 0.05) is 10.9 Å². The summed E-state index contributed by atoms with van der Waals surface area (Å²) in [6, 6.07) is 6.39. The summed E-state index contributed by atoms with van der Waals surface area (Å²) in [4.78, 5) is 11.6. The molecule has 1 unspecified atom stereocenters. The van der Waals surface area contributed by atoms with Gasteiger partial charge < -0.3 is 0 Å². The standard InChI is InChI=1S/C11H13BrO3S/c1-3-11(13)8(2)16(14,15)10-6-4-5-9(12)7-10/h4-8H,3H2,1-2H3. The summed E-state index contributed by atoms with van der Waals surface area (Å²) in [6.07, 6.45) is 0.231. The van der Waals surface area contributed by atoms with Gasteiger partial charge in [0.25, 0.3) is 0 Å². The van der Waals surface area contributed by atoms with Crippen molar-refractivity contribution >= 4 is 31.6 Å². The Balaban J connectivity index is 3.17. The molecule has 0 aromatic heterocycles. The van der Waals surface area contributed by atoms with E-state index in [1.165, 1.54) is 19.1 Å². The molecule has 0 saturated carbocycles. The fourth-order valence-electron chi connectivity index (χ4n) is 1.31. The Morgan fingerprint density at radius 1 is 1.44 bits per heavy atom. The van der Waals surface area contributed by atoms with Crippen LogP contribution in [0.4, 0.5) is 0 Å². The van der Waals surface area contributed by atoms with Crippen LogP contribution in [0.5, 0.6) is 0 Å². The molecule has 1 aromatic rings. The molecule has 0 amide bonds. The van der Waals surface area contributed by atoms with Crippen LogP contribution in [0.15, 0.2) is 33.6 Å². The molecule has 0 aliphatic rings. The summed E-state index contributed by atoms with van der Waals surface area (Å²) in [7, 11) is -3.55. The number of sulfone groups is 1. The van der Waals surface area contributed by atoms with Crippen LogP contribution in [0.1, 0.15) is 20.3 Å². The van der Waals surface area contributed by atoms with Crippen LogP contribution in [-0.2, 0) is 14.6 Å². The van der Waals surface area contributed by atoms with E-state index in [0.29, 0.717) is 4.47 Å². The molecule has 1 atom stereocenters. The van der Waals surface area contributed by atoms with Crippen molar-refractivity contribution in [2.24, 2.45) is 0 Å². The molecule has 0 aliphatic carbocycles. The number of ketones is 1. The molecular weight excluding hydrogens is 292 g/mol. The van der Waals surface area contributed by atoms with Gasteiger partial charge in [-0.05, 0) is 25.1 Å². The van der Waals surface area contributed by atoms with Crippen molar-refractivity contribution in [2.75, 3.05) is 0 Å². The minimum absolute atomic E-state index is 0.177. The Kier molecular flexibility index (Phi) is 4.27. The summed E-state index contributed by atoms with van der Waals surface area (Å²) < 4.78 is 24.8. The summed E-state index contributed by atoms with van der Waals surface area (Å²) in [6.45, 7) is 3.09. The predicted octanol–water partition coefficient (Wildman–Crippen LogP) is 2.59. The molecule has 0 heterocycles. The molecule has 16 heavy (non-hydrogen) atoms. The second-order valence-corrected chi connectivity index (χ2v) is 6.65. The lowest BCUT2D eigenvalue weighted by Gasteiger charge is -2.11. The van der Waals surface area contributed by atoms with Crippen LogP contribution in [0.25, 0.3) is 0 Å². The number of hydrogen-bond donors (Lipinski definition) is 0. The second kappa shape index (κ2) is 5.10. The van der Waals surface area contributed by atoms with Gasteiger partial charge in [-0.3, -0.25) is 4.79 Å². The van der Waals surface area contributed by atoms with Crippen LogP contribution in [0, 0.1) is 0 Å². The normalized spacial score (nSPS) is 13.4. The molecule has 88 valence electrons. The third-order valence-corrected chi connectivity index (χ3v) is 4.99. The minimum atomic E-state index is -3.55. The van der Waals surface area contributed by atoms with Crippen molar-refractivity contribution in [1.82, 2.24) is 0 Å². The highest BCUT2D eigenvalue weighted by Gasteiger charge is 2.28. The Morgan fingerprint density at radius 3 is 2.56 bits per heavy atom. The van der Waals surface area contributed by atoms with Crippen molar-refractivity contribution in [3.8, 4) is 0 Å². The molecular formula is C11H13BrO3S. The Hall–Kier alpha value is -0.680. The Morgan fingerprint density at radius 2 is 2.06 bits per heavy atom. The molecule has 0 bridgehead atoms. The first-order valence-corrected chi connectivity index (χ1v) is 7.25. The van der Waals surface area contributed by atoms with Crippen LogP contribution < -0.4 is 0 Å². The van der Waals surface area contributed by atoms with E-state index in [1.54, 1.807) is 19.1 Å². The minimum Gasteiger partial charge on any atom is -0.298 e. The first-order valence-electron chi connectivity index (χ1n) is 4.91. The topological polar surface area (TPSA) is 51.2 Å². The van der Waals surface area contributed by atoms with E-state index in [-0.39, 0.29) is 17.1 Å². The lowest BCUT2D eigenvalue weighted by atomic mass is 10.2. The van der Waals surface area contributed by atoms with Crippen LogP contribution in [0.2, 0.25) is 0 Å². The predicted molar refractivity (Wildman–Crippen MR) is 66.1 cm³/mol. The van der Waals surface area contributed by atoms with Crippen molar-refractivity contribution in [3.63, 3.8) is 0 Å². The van der Waals surface area contributed by atoms with Gasteiger partial charge in [0.05, 0.1) is 4.90 Å². The number of Topliss-reactive ketones (excluding diaryl/α,β-unsaturated/α-hetero) is 1. The molecule has 1 rings (SSSR count). The highest BCUT2D eigenvalue weighted by Crippen LogP contribution is 2.21. The molecule has 0 N–H and O–H groups in total. The third kappa shape index (κ3) is 2.71. The highest BCUT2D eigenvalue weighted by molar-refractivity contribution is 9.10. The van der Waals surface area contributed by atoms with Gasteiger partial charge in [0.1, 0.15) is 5.25 Å². The third-order valence-electron chi connectivity index (χ3n) is 2.39. The lowest BCUT2D eigenvalue weighted by Crippen LogP contribution is -2.26. The van der Waals surface area contributed by atoms with Gasteiger partial charge in [-0.25, -0.2) is 8.42 Å². The first kappa shape index (κ1) is 13.4. The zero-order chi connectivity index (χ0) is 12.3. The molecule has 0 radical (unpaired) electrons. The van der Waals surface area contributed by atoms with Crippen LogP contribution in [-0.4, -0.2) is 19.5 Å². The Bertz CT molecular complexity index is 494. The van der Waals surface area contributed by atoms with E-state index < -0.39 is 15.1 Å². The largest absolute Gasteiger partial charge is 0.298 e. The SMILES string of the molecule is CCC(=O)C(C)S(=O)(=O)c1cccc(Br)c1. The number of carbonyl (C=O) groups excluding carboxylic acids is 1. The van der Waals surface area contributed by atoms with E-state index in [2.05, 4.69) is 15.9 Å². The van der Waals surface area contributed by atoms with Crippen LogP contribution >= 0.6 is 15.9 Å². The summed E-state index contributed by atoms with van der Waals surface area (Å²) in [5.74, 6) is -0.264. The van der Waals surface area contributed by atoms with E-state index in [4.69, 9.17) is 0 Å². The summed E-state index contributed by atoms with van der Waals surface area (Å²) >= 11 is 3.21. The van der Waals surface area contributed by atoms with E-state index in [0.717, 1.165) is 0 Å². The first-order chi connectivity index (χ1) is 7.39. The summed E-state index contributed by atoms with van der Waals surface area (Å²) in [5.41, 5.74) is 0. The van der Waals surface area contributed by atoms with E-state index >= 15 is 0 Å². The number of hydrogen-bond acceptors (Lipinski definition) is 3. The van der Waals surface area contributed by atoms with E-state index in [1.807, 2.05) is 0 Å². The second-order valence-electron chi connectivity index (χ2n) is 3.46. The maximum atomic E-state index is 12.0. The van der Waals surface area contributed by atoms with Gasteiger partial charge >= 0.3 is 0 Å². The zero-order valence-corrected chi connectivity index (χ0v) is 11.5. The van der Waals surface area contributed by atoms with Gasteiger partial charge in [0.15, 0.2) is 15.6 Å². The highest BCUT2D eigenvalue weighted by atomic mass is 79.9. The molecule has 0 spiro atoms. The van der Waals surface area contributed by atoms with E-state index in [9.17, 15) is 13.2 Å². The fourth-order valence-corrected chi connectivity index (χ4v) is 3.34. The van der Waals surface area contributed by atoms with Gasteiger partial charge in [-0.15, -0.1) is 0 Å². The number of rotatable bonds is 4. The molecule has 0 aliphatic heterocycles. The number of carbonyl (C=O) groups is 1. The van der Waals surface area contributed by atoms with Gasteiger partial charge in [-0.2, -0.15) is 0 Å². The maximum Gasteiger partial charge on any atom is 0.188 e. The van der Waals surface area contributed by atoms with Crippen molar-refractivity contribution in [3.05, 3.63) is 28.7 Å². The van der Waals surface area contributed by atoms with Crippen molar-refractivity contribution < 1.29 is 13.2 Å². The fraction of sp³-hybridized carbons (Fsp3) is 0.364.